The minimum atomic E-state index is 0.0775. The third-order valence-corrected chi connectivity index (χ3v) is 3.23. The number of amides is 1. The molecule has 2 N–H and O–H groups in total. The van der Waals surface area contributed by atoms with Crippen LogP contribution in [0.2, 0.25) is 0 Å². The zero-order chi connectivity index (χ0) is 12.0. The molecule has 0 radical (unpaired) electrons. The summed E-state index contributed by atoms with van der Waals surface area (Å²) in [6.07, 6.45) is 5.28. The molecule has 0 aromatic heterocycles. The lowest BCUT2D eigenvalue weighted by molar-refractivity contribution is -0.118. The van der Waals surface area contributed by atoms with Crippen LogP contribution in [-0.2, 0) is 4.79 Å². The minimum Gasteiger partial charge on any atom is -0.352 e. The van der Waals surface area contributed by atoms with E-state index in [4.69, 9.17) is 0 Å². The predicted molar refractivity (Wildman–Crippen MR) is 67.3 cm³/mol. The summed E-state index contributed by atoms with van der Waals surface area (Å²) >= 11 is 0. The highest BCUT2D eigenvalue weighted by molar-refractivity contribution is 5.92. The zero-order valence-corrected chi connectivity index (χ0v) is 10.7. The van der Waals surface area contributed by atoms with E-state index in [1.165, 1.54) is 12.8 Å². The highest BCUT2D eigenvalue weighted by Crippen LogP contribution is 2.24. The number of allylic oxidation sites excluding steroid dienone is 1. The second kappa shape index (κ2) is 6.04. The summed E-state index contributed by atoms with van der Waals surface area (Å²) in [6, 6.07) is 0. The summed E-state index contributed by atoms with van der Waals surface area (Å²) in [4.78, 5) is 11.7. The number of carbonyl (C=O) groups is 1. The van der Waals surface area contributed by atoms with Gasteiger partial charge in [0, 0.05) is 18.7 Å². The number of nitrogens with one attached hydrogen (secondary N) is 2. The van der Waals surface area contributed by atoms with Crippen molar-refractivity contribution in [2.45, 2.75) is 40.0 Å². The molecule has 3 nitrogen and oxygen atoms in total. The molecule has 0 bridgehead atoms. The van der Waals surface area contributed by atoms with Crippen LogP contribution in [0.3, 0.4) is 0 Å². The van der Waals surface area contributed by atoms with E-state index in [-0.39, 0.29) is 11.3 Å². The zero-order valence-electron chi connectivity index (χ0n) is 10.7. The van der Waals surface area contributed by atoms with E-state index < -0.39 is 0 Å². The van der Waals surface area contributed by atoms with Crippen LogP contribution in [0.25, 0.3) is 0 Å². The summed E-state index contributed by atoms with van der Waals surface area (Å²) in [6.45, 7) is 9.04. The lowest BCUT2D eigenvalue weighted by Crippen LogP contribution is -2.45. The second-order valence-corrected chi connectivity index (χ2v) is 5.07. The molecular weight excluding hydrogens is 200 g/mol. The molecule has 3 heteroatoms. The SMILES string of the molecule is CC/C=C(/C)C(=O)NCC1(C)CCCNC1. The first-order valence-electron chi connectivity index (χ1n) is 6.23. The Bertz CT molecular complexity index is 265. The molecule has 0 aromatic carbocycles. The van der Waals surface area contributed by atoms with Crippen molar-refractivity contribution in [1.29, 1.82) is 0 Å². The Morgan fingerprint density at radius 1 is 1.56 bits per heavy atom. The van der Waals surface area contributed by atoms with Crippen molar-refractivity contribution >= 4 is 5.91 Å². The standard InChI is InChI=1S/C13H24N2O/c1-4-6-11(2)12(16)15-10-13(3)7-5-8-14-9-13/h6,14H,4-5,7-10H2,1-3H3,(H,15,16)/b11-6-. The third kappa shape index (κ3) is 3.97. The lowest BCUT2D eigenvalue weighted by atomic mass is 9.83. The van der Waals surface area contributed by atoms with Crippen molar-refractivity contribution in [3.8, 4) is 0 Å². The van der Waals surface area contributed by atoms with Gasteiger partial charge in [0.05, 0.1) is 0 Å². The number of carbonyl (C=O) groups excluding carboxylic acids is 1. The summed E-state index contributed by atoms with van der Waals surface area (Å²) in [5, 5.41) is 6.42. The maximum absolute atomic E-state index is 11.7. The maximum atomic E-state index is 11.7. The molecule has 0 aromatic rings. The van der Waals surface area contributed by atoms with E-state index in [0.717, 1.165) is 31.6 Å². The van der Waals surface area contributed by atoms with Crippen molar-refractivity contribution < 1.29 is 4.79 Å². The first-order valence-corrected chi connectivity index (χ1v) is 6.23. The topological polar surface area (TPSA) is 41.1 Å². The lowest BCUT2D eigenvalue weighted by Gasteiger charge is -2.34. The Labute approximate surface area is 98.7 Å². The molecule has 1 fully saturated rings. The fourth-order valence-electron chi connectivity index (χ4n) is 2.10. The van der Waals surface area contributed by atoms with Crippen molar-refractivity contribution in [1.82, 2.24) is 10.6 Å². The van der Waals surface area contributed by atoms with Gasteiger partial charge in [-0.25, -0.2) is 0 Å². The largest absolute Gasteiger partial charge is 0.352 e. The third-order valence-electron chi connectivity index (χ3n) is 3.23. The molecule has 1 rings (SSSR count). The van der Waals surface area contributed by atoms with Gasteiger partial charge in [-0.15, -0.1) is 0 Å². The highest BCUT2D eigenvalue weighted by Gasteiger charge is 2.26. The molecule has 0 spiro atoms. The van der Waals surface area contributed by atoms with Gasteiger partial charge >= 0.3 is 0 Å². The first kappa shape index (κ1) is 13.2. The Morgan fingerprint density at radius 2 is 2.31 bits per heavy atom. The number of hydrogen-bond donors (Lipinski definition) is 2. The molecule has 1 amide bonds. The van der Waals surface area contributed by atoms with E-state index in [2.05, 4.69) is 17.6 Å². The molecule has 1 unspecified atom stereocenters. The van der Waals surface area contributed by atoms with Crippen LogP contribution in [0, 0.1) is 5.41 Å². The van der Waals surface area contributed by atoms with Gasteiger partial charge in [0.1, 0.15) is 0 Å². The average Bonchev–Trinajstić information content (AvgIpc) is 2.27. The van der Waals surface area contributed by atoms with Gasteiger partial charge in [-0.2, -0.15) is 0 Å². The summed E-state index contributed by atoms with van der Waals surface area (Å²) in [5.41, 5.74) is 1.05. The van der Waals surface area contributed by atoms with Crippen LogP contribution in [0.1, 0.15) is 40.0 Å². The van der Waals surface area contributed by atoms with Crippen molar-refractivity contribution in [3.05, 3.63) is 11.6 Å². The number of hydrogen-bond acceptors (Lipinski definition) is 2. The van der Waals surface area contributed by atoms with Crippen LogP contribution < -0.4 is 10.6 Å². The Morgan fingerprint density at radius 3 is 2.88 bits per heavy atom. The summed E-state index contributed by atoms with van der Waals surface area (Å²) < 4.78 is 0. The van der Waals surface area contributed by atoms with E-state index in [1.807, 2.05) is 19.9 Å². The Hall–Kier alpha value is -0.830. The van der Waals surface area contributed by atoms with E-state index in [0.29, 0.717) is 0 Å². The summed E-state index contributed by atoms with van der Waals surface area (Å²) in [5.74, 6) is 0.0775. The van der Waals surface area contributed by atoms with Gasteiger partial charge in [0.2, 0.25) is 5.91 Å². The molecule has 92 valence electrons. The minimum absolute atomic E-state index is 0.0775. The van der Waals surface area contributed by atoms with E-state index in [9.17, 15) is 4.79 Å². The number of piperidine rings is 1. The Kier molecular flexibility index (Phi) is 5.00. The normalized spacial score (nSPS) is 26.6. The fourth-order valence-corrected chi connectivity index (χ4v) is 2.10. The maximum Gasteiger partial charge on any atom is 0.246 e. The average molecular weight is 224 g/mol. The smallest absolute Gasteiger partial charge is 0.246 e. The molecule has 0 saturated carbocycles. The molecule has 1 heterocycles. The fraction of sp³-hybridized carbons (Fsp3) is 0.769. The van der Waals surface area contributed by atoms with Crippen LogP contribution in [0.5, 0.6) is 0 Å². The van der Waals surface area contributed by atoms with Gasteiger partial charge in [-0.1, -0.05) is 19.9 Å². The quantitative estimate of drug-likeness (QED) is 0.716. The molecule has 16 heavy (non-hydrogen) atoms. The Balaban J connectivity index is 2.38. The first-order chi connectivity index (χ1) is 7.57. The molecular formula is C13H24N2O. The second-order valence-electron chi connectivity index (χ2n) is 5.07. The van der Waals surface area contributed by atoms with Gasteiger partial charge in [-0.05, 0) is 38.1 Å². The van der Waals surface area contributed by atoms with Crippen molar-refractivity contribution in [2.75, 3.05) is 19.6 Å². The molecule has 0 aliphatic carbocycles. The molecule has 1 saturated heterocycles. The van der Waals surface area contributed by atoms with Crippen LogP contribution in [-0.4, -0.2) is 25.5 Å². The van der Waals surface area contributed by atoms with Gasteiger partial charge in [-0.3, -0.25) is 4.79 Å². The van der Waals surface area contributed by atoms with E-state index >= 15 is 0 Å². The van der Waals surface area contributed by atoms with Crippen LogP contribution in [0.4, 0.5) is 0 Å². The van der Waals surface area contributed by atoms with Gasteiger partial charge in [0.25, 0.3) is 0 Å². The predicted octanol–water partition coefficient (Wildman–Crippen LogP) is 1.85. The number of rotatable bonds is 4. The van der Waals surface area contributed by atoms with Crippen LogP contribution in [0.15, 0.2) is 11.6 Å². The van der Waals surface area contributed by atoms with Crippen molar-refractivity contribution in [3.63, 3.8) is 0 Å². The van der Waals surface area contributed by atoms with Crippen LogP contribution >= 0.6 is 0 Å². The summed E-state index contributed by atoms with van der Waals surface area (Å²) in [7, 11) is 0. The van der Waals surface area contributed by atoms with Gasteiger partial charge in [0.15, 0.2) is 0 Å². The van der Waals surface area contributed by atoms with Crippen molar-refractivity contribution in [2.24, 2.45) is 5.41 Å². The van der Waals surface area contributed by atoms with E-state index in [1.54, 1.807) is 0 Å². The monoisotopic (exact) mass is 224 g/mol. The van der Waals surface area contributed by atoms with Gasteiger partial charge < -0.3 is 10.6 Å². The molecule has 1 aliphatic rings. The highest BCUT2D eigenvalue weighted by atomic mass is 16.1. The molecule has 1 aliphatic heterocycles. The molecule has 1 atom stereocenters.